The highest BCUT2D eigenvalue weighted by Crippen LogP contribution is 2.30. The molecule has 0 unspecified atom stereocenters. The summed E-state index contributed by atoms with van der Waals surface area (Å²) in [6, 6.07) is -0.623. The third-order valence-corrected chi connectivity index (χ3v) is 6.00. The Bertz CT molecular complexity index is 1050. The van der Waals surface area contributed by atoms with Gasteiger partial charge in [0, 0.05) is 12.1 Å². The standard InChI is InChI=1S/C13H4F8O6S2/c14-4-1-5(15)9(19)12(8(4)18)26-28(22,23)3-29(24,25)27-13-10(20)6(16)2-7(17)11(13)21/h1-2H,3H2. The minimum atomic E-state index is -5.70. The molecule has 6 nitrogen and oxygen atoms in total. The van der Waals surface area contributed by atoms with Crippen LogP contribution in [0.15, 0.2) is 12.1 Å². The quantitative estimate of drug-likeness (QED) is 0.365. The molecule has 0 aliphatic heterocycles. The molecule has 0 saturated heterocycles. The summed E-state index contributed by atoms with van der Waals surface area (Å²) >= 11 is 0. The Morgan fingerprint density at radius 2 is 0.793 bits per heavy atom. The largest absolute Gasteiger partial charge is 0.375 e. The van der Waals surface area contributed by atoms with Gasteiger partial charge in [0.1, 0.15) is 0 Å². The van der Waals surface area contributed by atoms with Crippen LogP contribution in [-0.4, -0.2) is 21.9 Å². The summed E-state index contributed by atoms with van der Waals surface area (Å²) in [6.45, 7) is 0. The zero-order valence-electron chi connectivity index (χ0n) is 13.2. The highest BCUT2D eigenvalue weighted by molar-refractivity contribution is 8.04. The minimum Gasteiger partial charge on any atom is -0.375 e. The molecule has 160 valence electrons. The van der Waals surface area contributed by atoms with Crippen LogP contribution in [0.3, 0.4) is 0 Å². The van der Waals surface area contributed by atoms with Gasteiger partial charge in [-0.05, 0) is 0 Å². The van der Waals surface area contributed by atoms with Crippen LogP contribution in [0.2, 0.25) is 0 Å². The summed E-state index contributed by atoms with van der Waals surface area (Å²) in [4.78, 5) is 0. The molecular formula is C13H4F8O6S2. The highest BCUT2D eigenvalue weighted by Gasteiger charge is 2.33. The lowest BCUT2D eigenvalue weighted by atomic mass is 10.3. The van der Waals surface area contributed by atoms with E-state index in [4.69, 9.17) is 0 Å². The molecular weight excluding hydrogens is 468 g/mol. The van der Waals surface area contributed by atoms with Crippen LogP contribution in [0, 0.1) is 46.5 Å². The van der Waals surface area contributed by atoms with E-state index < -0.39 is 83.4 Å². The van der Waals surface area contributed by atoms with Gasteiger partial charge in [-0.25, -0.2) is 17.6 Å². The fraction of sp³-hybridized carbons (Fsp3) is 0.0769. The van der Waals surface area contributed by atoms with Crippen LogP contribution in [0.25, 0.3) is 0 Å². The molecule has 0 atom stereocenters. The minimum absolute atomic E-state index is 0.311. The maximum Gasteiger partial charge on any atom is 0.327 e. The van der Waals surface area contributed by atoms with Crippen molar-refractivity contribution in [3.63, 3.8) is 0 Å². The Morgan fingerprint density at radius 1 is 0.552 bits per heavy atom. The molecule has 0 heterocycles. The Labute approximate surface area is 156 Å². The van der Waals surface area contributed by atoms with Crippen molar-refractivity contribution >= 4 is 20.2 Å². The fourth-order valence-corrected chi connectivity index (χ4v) is 4.33. The van der Waals surface area contributed by atoms with Gasteiger partial charge in [0.05, 0.1) is 0 Å². The van der Waals surface area contributed by atoms with Crippen molar-refractivity contribution in [3.8, 4) is 11.5 Å². The molecule has 16 heteroatoms. The van der Waals surface area contributed by atoms with Gasteiger partial charge in [-0.1, -0.05) is 0 Å². The summed E-state index contributed by atoms with van der Waals surface area (Å²) in [7, 11) is -11.4. The number of hydrogen-bond donors (Lipinski definition) is 0. The van der Waals surface area contributed by atoms with Gasteiger partial charge in [0.25, 0.3) is 0 Å². The molecule has 0 bridgehead atoms. The van der Waals surface area contributed by atoms with Crippen molar-refractivity contribution in [2.24, 2.45) is 0 Å². The topological polar surface area (TPSA) is 86.7 Å². The third kappa shape index (κ3) is 4.87. The summed E-state index contributed by atoms with van der Waals surface area (Å²) in [5.74, 6) is -22.2. The fourth-order valence-electron chi connectivity index (χ4n) is 1.73. The van der Waals surface area contributed by atoms with Gasteiger partial charge in [0.15, 0.2) is 23.3 Å². The molecule has 0 fully saturated rings. The number of rotatable bonds is 6. The SMILES string of the molecule is O=S(=O)(CS(=O)(=O)Oc1c(F)c(F)cc(F)c1F)Oc1c(F)c(F)cc(F)c1F. The van der Waals surface area contributed by atoms with Crippen LogP contribution in [0.1, 0.15) is 0 Å². The van der Waals surface area contributed by atoms with E-state index in [9.17, 15) is 52.0 Å². The van der Waals surface area contributed by atoms with Crippen LogP contribution >= 0.6 is 0 Å². The first-order chi connectivity index (χ1) is 13.1. The maximum atomic E-state index is 13.4. The predicted octanol–water partition coefficient (Wildman–Crippen LogP) is 2.87. The van der Waals surface area contributed by atoms with Crippen molar-refractivity contribution in [3.05, 3.63) is 58.7 Å². The third-order valence-electron chi connectivity index (χ3n) is 2.85. The van der Waals surface area contributed by atoms with Crippen molar-refractivity contribution in [1.82, 2.24) is 0 Å². The molecule has 29 heavy (non-hydrogen) atoms. The van der Waals surface area contributed by atoms with Gasteiger partial charge in [0.2, 0.25) is 39.9 Å². The maximum absolute atomic E-state index is 13.4. The molecule has 2 aromatic carbocycles. The molecule has 0 N–H and O–H groups in total. The van der Waals surface area contributed by atoms with Gasteiger partial charge in [-0.2, -0.15) is 34.4 Å². The molecule has 0 aliphatic carbocycles. The second-order valence-electron chi connectivity index (χ2n) is 4.99. The van der Waals surface area contributed by atoms with Crippen molar-refractivity contribution in [1.29, 1.82) is 0 Å². The van der Waals surface area contributed by atoms with E-state index in [0.29, 0.717) is 0 Å². The summed E-state index contributed by atoms with van der Waals surface area (Å²) in [5, 5.41) is -2.44. The van der Waals surface area contributed by atoms with Crippen LogP contribution in [0.4, 0.5) is 35.1 Å². The Hall–Kier alpha value is -2.62. The summed E-state index contributed by atoms with van der Waals surface area (Å²) < 4.78 is 160. The molecule has 0 radical (unpaired) electrons. The number of halogens is 8. The lowest BCUT2D eigenvalue weighted by molar-refractivity contribution is 0.384. The molecule has 0 amide bonds. The van der Waals surface area contributed by atoms with Crippen molar-refractivity contribution < 1.29 is 60.3 Å². The average Bonchev–Trinajstić information content (AvgIpc) is 2.58. The van der Waals surface area contributed by atoms with E-state index in [1.807, 2.05) is 0 Å². The van der Waals surface area contributed by atoms with E-state index in [-0.39, 0.29) is 12.1 Å². The van der Waals surface area contributed by atoms with E-state index in [0.717, 1.165) is 0 Å². The Kier molecular flexibility index (Phi) is 5.99. The van der Waals surface area contributed by atoms with Crippen molar-refractivity contribution in [2.75, 3.05) is 5.08 Å². The zero-order chi connectivity index (χ0) is 22.3. The predicted molar refractivity (Wildman–Crippen MR) is 76.5 cm³/mol. The average molecular weight is 472 g/mol. The van der Waals surface area contributed by atoms with E-state index in [1.54, 1.807) is 0 Å². The first-order valence-corrected chi connectivity index (χ1v) is 9.81. The molecule has 0 saturated carbocycles. The first kappa shape index (κ1) is 22.7. The second kappa shape index (κ2) is 7.66. The van der Waals surface area contributed by atoms with Gasteiger partial charge in [-0.15, -0.1) is 0 Å². The normalized spacial score (nSPS) is 12.1. The number of hydrogen-bond acceptors (Lipinski definition) is 6. The summed E-state index contributed by atoms with van der Waals surface area (Å²) in [5.41, 5.74) is 0. The lowest BCUT2D eigenvalue weighted by Crippen LogP contribution is -2.26. The smallest absolute Gasteiger partial charge is 0.327 e. The highest BCUT2D eigenvalue weighted by atomic mass is 32.3. The van der Waals surface area contributed by atoms with E-state index in [1.165, 1.54) is 0 Å². The molecule has 2 aromatic rings. The van der Waals surface area contributed by atoms with Gasteiger partial charge < -0.3 is 8.37 Å². The Morgan fingerprint density at radius 3 is 1.03 bits per heavy atom. The molecule has 0 spiro atoms. The monoisotopic (exact) mass is 472 g/mol. The molecule has 0 aromatic heterocycles. The zero-order valence-corrected chi connectivity index (χ0v) is 14.8. The molecule has 2 rings (SSSR count). The second-order valence-corrected chi connectivity index (χ2v) is 8.50. The molecule has 0 aliphatic rings. The van der Waals surface area contributed by atoms with Gasteiger partial charge >= 0.3 is 20.2 Å². The summed E-state index contributed by atoms with van der Waals surface area (Å²) in [6.07, 6.45) is 0. The first-order valence-electron chi connectivity index (χ1n) is 6.65. The van der Waals surface area contributed by atoms with Crippen LogP contribution < -0.4 is 8.37 Å². The van der Waals surface area contributed by atoms with Crippen LogP contribution in [0.5, 0.6) is 11.5 Å². The van der Waals surface area contributed by atoms with Gasteiger partial charge in [-0.3, -0.25) is 0 Å². The van der Waals surface area contributed by atoms with Crippen LogP contribution in [-0.2, 0) is 20.2 Å². The van der Waals surface area contributed by atoms with Crippen molar-refractivity contribution in [2.45, 2.75) is 0 Å². The Balaban J connectivity index is 2.37. The lowest BCUT2D eigenvalue weighted by Gasteiger charge is -2.12. The van der Waals surface area contributed by atoms with E-state index in [2.05, 4.69) is 8.37 Å². The van der Waals surface area contributed by atoms with E-state index >= 15 is 0 Å². The number of benzene rings is 2.